The lowest BCUT2D eigenvalue weighted by atomic mass is 10.0. The number of nitrogens with zero attached hydrogens (tertiary/aromatic N) is 2. The third-order valence-electron chi connectivity index (χ3n) is 3.80. The fourth-order valence-corrected chi connectivity index (χ4v) is 2.48. The third kappa shape index (κ3) is 5.55. The fourth-order valence-electron chi connectivity index (χ4n) is 2.48. The molecule has 0 bridgehead atoms. The number of hydrogen-bond donors (Lipinski definition) is 0. The number of hydrogen-bond acceptors (Lipinski definition) is 3. The van der Waals surface area contributed by atoms with E-state index in [-0.39, 0.29) is 23.9 Å². The van der Waals surface area contributed by atoms with Crippen LogP contribution in [0.3, 0.4) is 0 Å². The van der Waals surface area contributed by atoms with Crippen molar-refractivity contribution in [3.63, 3.8) is 0 Å². The van der Waals surface area contributed by atoms with Gasteiger partial charge in [0.25, 0.3) is 5.91 Å². The second kappa shape index (κ2) is 9.35. The molecule has 1 amide bonds. The second-order valence-corrected chi connectivity index (χ2v) is 6.15. The van der Waals surface area contributed by atoms with E-state index in [4.69, 9.17) is 4.74 Å². The predicted octanol–water partition coefficient (Wildman–Crippen LogP) is 4.13. The lowest BCUT2D eigenvalue weighted by Gasteiger charge is -2.12. The molecular weight excluding hydrogens is 343 g/mol. The van der Waals surface area contributed by atoms with Crippen LogP contribution >= 0.6 is 0 Å². The van der Waals surface area contributed by atoms with Crippen LogP contribution in [0.1, 0.15) is 16.7 Å². The number of halogens is 1. The number of amides is 1. The Hall–Kier alpha value is -3.39. The molecule has 0 N–H and O–H groups in total. The highest BCUT2D eigenvalue weighted by Crippen LogP contribution is 2.24. The minimum absolute atomic E-state index is 0.0537. The average Bonchev–Trinajstić information content (AvgIpc) is 2.65. The lowest BCUT2D eigenvalue weighted by molar-refractivity contribution is -0.124. The van der Waals surface area contributed by atoms with Gasteiger partial charge in [0.05, 0.1) is 0 Å². The van der Waals surface area contributed by atoms with E-state index in [0.717, 1.165) is 16.7 Å². The van der Waals surface area contributed by atoms with Gasteiger partial charge < -0.3 is 9.64 Å². The Morgan fingerprint density at radius 2 is 2.07 bits per heavy atom. The topological polar surface area (TPSA) is 53.3 Å². The third-order valence-corrected chi connectivity index (χ3v) is 3.80. The summed E-state index contributed by atoms with van der Waals surface area (Å²) in [5.74, 6) is -0.0135. The molecule has 27 heavy (non-hydrogen) atoms. The van der Waals surface area contributed by atoms with Gasteiger partial charge in [0.15, 0.2) is 0 Å². The van der Waals surface area contributed by atoms with Crippen molar-refractivity contribution in [1.82, 2.24) is 4.90 Å². The summed E-state index contributed by atoms with van der Waals surface area (Å²) in [6.45, 7) is 3.99. The number of benzene rings is 2. The van der Waals surface area contributed by atoms with Crippen LogP contribution in [-0.2, 0) is 17.8 Å². The maximum Gasteiger partial charge on any atom is 0.264 e. The normalized spacial score (nSPS) is 10.8. The van der Waals surface area contributed by atoms with E-state index in [9.17, 15) is 14.4 Å². The predicted molar refractivity (Wildman–Crippen MR) is 103 cm³/mol. The molecule has 0 fully saturated rings. The number of carbonyl (C=O) groups excluding carboxylic acids is 1. The van der Waals surface area contributed by atoms with E-state index in [1.54, 1.807) is 50.5 Å². The Labute approximate surface area is 158 Å². The second-order valence-electron chi connectivity index (χ2n) is 6.15. The van der Waals surface area contributed by atoms with Crippen molar-refractivity contribution in [2.24, 2.45) is 0 Å². The molecule has 0 aromatic heterocycles. The van der Waals surface area contributed by atoms with Crippen LogP contribution in [0.2, 0.25) is 0 Å². The SMILES string of the molecule is C=CCc1cc(/C=C(/C#N)C(=O)N(C)C)ccc1OCc1cccc(F)c1. The number of allylic oxidation sites excluding steroid dienone is 1. The smallest absolute Gasteiger partial charge is 0.264 e. The van der Waals surface area contributed by atoms with Crippen LogP contribution in [0, 0.1) is 17.1 Å². The summed E-state index contributed by atoms with van der Waals surface area (Å²) in [6.07, 6.45) is 3.85. The minimum atomic E-state index is -0.353. The molecule has 0 spiro atoms. The molecule has 0 aliphatic heterocycles. The van der Waals surface area contributed by atoms with Crippen molar-refractivity contribution in [3.8, 4) is 11.8 Å². The molecule has 138 valence electrons. The number of likely N-dealkylation sites (N-methyl/N-ethyl adjacent to an activating group) is 1. The van der Waals surface area contributed by atoms with Gasteiger partial charge in [-0.05, 0) is 53.5 Å². The van der Waals surface area contributed by atoms with Gasteiger partial charge in [0.2, 0.25) is 0 Å². The summed E-state index contributed by atoms with van der Waals surface area (Å²) >= 11 is 0. The van der Waals surface area contributed by atoms with E-state index in [2.05, 4.69) is 6.58 Å². The zero-order valence-electron chi connectivity index (χ0n) is 15.4. The summed E-state index contributed by atoms with van der Waals surface area (Å²) in [6, 6.07) is 13.6. The maximum atomic E-state index is 13.3. The molecule has 2 aromatic carbocycles. The number of ether oxygens (including phenoxy) is 1. The van der Waals surface area contributed by atoms with Crippen molar-refractivity contribution in [2.45, 2.75) is 13.0 Å². The molecule has 0 saturated carbocycles. The quantitative estimate of drug-likeness (QED) is 0.422. The first-order valence-corrected chi connectivity index (χ1v) is 8.39. The van der Waals surface area contributed by atoms with Gasteiger partial charge >= 0.3 is 0 Å². The molecule has 0 radical (unpaired) electrons. The molecule has 0 heterocycles. The Morgan fingerprint density at radius 3 is 2.70 bits per heavy atom. The average molecular weight is 364 g/mol. The van der Waals surface area contributed by atoms with Gasteiger partial charge in [0, 0.05) is 14.1 Å². The summed E-state index contributed by atoms with van der Waals surface area (Å²) in [5.41, 5.74) is 2.37. The fraction of sp³-hybridized carbons (Fsp3) is 0.182. The molecule has 4 nitrogen and oxygen atoms in total. The van der Waals surface area contributed by atoms with E-state index >= 15 is 0 Å². The van der Waals surface area contributed by atoms with Crippen LogP contribution in [0.5, 0.6) is 5.75 Å². The number of carbonyl (C=O) groups is 1. The van der Waals surface area contributed by atoms with E-state index in [0.29, 0.717) is 12.2 Å². The first-order valence-electron chi connectivity index (χ1n) is 8.39. The van der Waals surface area contributed by atoms with Crippen molar-refractivity contribution in [2.75, 3.05) is 14.1 Å². The van der Waals surface area contributed by atoms with Crippen molar-refractivity contribution in [1.29, 1.82) is 5.26 Å². The molecular formula is C22H21FN2O2. The van der Waals surface area contributed by atoms with Gasteiger partial charge in [-0.3, -0.25) is 4.79 Å². The molecule has 2 rings (SSSR count). The Kier molecular flexibility index (Phi) is 6.90. The molecule has 5 heteroatoms. The van der Waals surface area contributed by atoms with Crippen LogP contribution in [0.4, 0.5) is 4.39 Å². The van der Waals surface area contributed by atoms with Gasteiger partial charge in [-0.25, -0.2) is 4.39 Å². The van der Waals surface area contributed by atoms with Gasteiger partial charge in [0.1, 0.15) is 29.8 Å². The highest BCUT2D eigenvalue weighted by molar-refractivity contribution is 6.01. The molecule has 0 unspecified atom stereocenters. The first kappa shape index (κ1) is 19.9. The monoisotopic (exact) mass is 364 g/mol. The summed E-state index contributed by atoms with van der Waals surface area (Å²) in [4.78, 5) is 13.4. The maximum absolute atomic E-state index is 13.3. The van der Waals surface area contributed by atoms with Gasteiger partial charge in [-0.2, -0.15) is 5.26 Å². The summed E-state index contributed by atoms with van der Waals surface area (Å²) in [5, 5.41) is 9.23. The van der Waals surface area contributed by atoms with Gasteiger partial charge in [-0.15, -0.1) is 6.58 Å². The lowest BCUT2D eigenvalue weighted by Crippen LogP contribution is -2.22. The first-order chi connectivity index (χ1) is 12.9. The summed E-state index contributed by atoms with van der Waals surface area (Å²) < 4.78 is 19.1. The number of rotatable bonds is 7. The summed E-state index contributed by atoms with van der Waals surface area (Å²) in [7, 11) is 3.19. The molecule has 0 aliphatic carbocycles. The van der Waals surface area contributed by atoms with Crippen molar-refractivity contribution in [3.05, 3.63) is 83.2 Å². The van der Waals surface area contributed by atoms with Crippen molar-refractivity contribution < 1.29 is 13.9 Å². The van der Waals surface area contributed by atoms with E-state index < -0.39 is 0 Å². The van der Waals surface area contributed by atoms with Crippen LogP contribution in [-0.4, -0.2) is 24.9 Å². The highest BCUT2D eigenvalue weighted by Gasteiger charge is 2.12. The standard InChI is InChI=1S/C22H21FN2O2/c1-4-6-18-11-16(12-19(14-24)22(26)25(2)3)9-10-21(18)27-15-17-7-5-8-20(23)13-17/h4-5,7-13H,1,6,15H2,2-3H3/b19-12-. The minimum Gasteiger partial charge on any atom is -0.489 e. The van der Waals surface area contributed by atoms with Crippen LogP contribution < -0.4 is 4.74 Å². The zero-order chi connectivity index (χ0) is 19.8. The van der Waals surface area contributed by atoms with E-state index in [1.165, 1.54) is 17.0 Å². The van der Waals surface area contributed by atoms with Crippen molar-refractivity contribution >= 4 is 12.0 Å². The zero-order valence-corrected chi connectivity index (χ0v) is 15.4. The Balaban J connectivity index is 2.26. The van der Waals surface area contributed by atoms with E-state index in [1.807, 2.05) is 12.1 Å². The molecule has 0 atom stereocenters. The molecule has 2 aromatic rings. The Morgan fingerprint density at radius 1 is 1.30 bits per heavy atom. The van der Waals surface area contributed by atoms with Gasteiger partial charge in [-0.1, -0.05) is 24.3 Å². The highest BCUT2D eigenvalue weighted by atomic mass is 19.1. The van der Waals surface area contributed by atoms with Crippen LogP contribution in [0.15, 0.2) is 60.7 Å². The molecule has 0 aliphatic rings. The molecule has 0 saturated heterocycles. The number of nitriles is 1. The van der Waals surface area contributed by atoms with Crippen LogP contribution in [0.25, 0.3) is 6.08 Å². The Bertz CT molecular complexity index is 911. The largest absolute Gasteiger partial charge is 0.489 e.